The van der Waals surface area contributed by atoms with Gasteiger partial charge in [0, 0.05) is 34.2 Å². The van der Waals surface area contributed by atoms with E-state index in [1.807, 2.05) is 0 Å². The van der Waals surface area contributed by atoms with Crippen molar-refractivity contribution in [2.24, 2.45) is 5.92 Å². The molecule has 0 spiro atoms. The first-order valence-electron chi connectivity index (χ1n) is 9.37. The zero-order valence-corrected chi connectivity index (χ0v) is 19.4. The molecule has 2 atom stereocenters. The van der Waals surface area contributed by atoms with E-state index in [1.165, 1.54) is 18.2 Å². The molecule has 2 aromatic carbocycles. The molecule has 1 aliphatic rings. The third-order valence-corrected chi connectivity index (χ3v) is 6.55. The van der Waals surface area contributed by atoms with Crippen LogP contribution in [0.1, 0.15) is 46.7 Å². The molecule has 3 nitrogen and oxygen atoms in total. The molecular formula is C21H14Cl4F5NO2. The topological polar surface area (TPSA) is 46.2 Å². The van der Waals surface area contributed by atoms with Crippen molar-refractivity contribution >= 4 is 63.8 Å². The molecule has 1 fully saturated rings. The summed E-state index contributed by atoms with van der Waals surface area (Å²) in [4.78, 5) is 24.9. The van der Waals surface area contributed by atoms with Crippen LogP contribution in [0, 0.1) is 5.92 Å². The fourth-order valence-corrected chi connectivity index (χ4v) is 4.74. The molecule has 1 saturated carbocycles. The van der Waals surface area contributed by atoms with Crippen LogP contribution in [-0.4, -0.2) is 22.2 Å². The van der Waals surface area contributed by atoms with Gasteiger partial charge in [-0.05, 0) is 42.0 Å². The summed E-state index contributed by atoms with van der Waals surface area (Å²) < 4.78 is 61.8. The molecule has 0 radical (unpaired) electrons. The molecule has 1 amide bonds. The first kappa shape index (κ1) is 26.0. The average Bonchev–Trinajstić information content (AvgIpc) is 3.28. The van der Waals surface area contributed by atoms with E-state index >= 15 is 0 Å². The SMILES string of the molecule is O=C(CCC(F)(F)F)c1cc(NC(=O)C2C(c3cc(Cl)cc(C(F)F)c3)C2(Cl)Cl)ccc1Cl. The quantitative estimate of drug-likeness (QED) is 0.216. The second-order valence-electron chi connectivity index (χ2n) is 7.47. The molecule has 1 N–H and O–H groups in total. The van der Waals surface area contributed by atoms with E-state index in [9.17, 15) is 31.5 Å². The third kappa shape index (κ3) is 6.10. The van der Waals surface area contributed by atoms with Crippen molar-refractivity contribution in [2.75, 3.05) is 5.32 Å². The average molecular weight is 549 g/mol. The lowest BCUT2D eigenvalue weighted by atomic mass is 10.0. The Hall–Kier alpha value is -1.61. The largest absolute Gasteiger partial charge is 0.389 e. The first-order chi connectivity index (χ1) is 15.2. The van der Waals surface area contributed by atoms with Crippen LogP contribution < -0.4 is 5.32 Å². The molecule has 0 bridgehead atoms. The molecule has 3 rings (SSSR count). The maximum atomic E-state index is 13.1. The molecule has 2 unspecified atom stereocenters. The lowest BCUT2D eigenvalue weighted by Crippen LogP contribution is -2.17. The summed E-state index contributed by atoms with van der Waals surface area (Å²) >= 11 is 24.3. The van der Waals surface area contributed by atoms with E-state index in [0.717, 1.165) is 18.2 Å². The highest BCUT2D eigenvalue weighted by Crippen LogP contribution is 2.65. The second kappa shape index (κ2) is 9.56. The molecule has 12 heteroatoms. The van der Waals surface area contributed by atoms with Crippen LogP contribution in [0.4, 0.5) is 27.6 Å². The predicted molar refractivity (Wildman–Crippen MR) is 117 cm³/mol. The summed E-state index contributed by atoms with van der Waals surface area (Å²) in [6.07, 6.45) is -9.43. The van der Waals surface area contributed by atoms with Crippen molar-refractivity contribution < 1.29 is 31.5 Å². The Morgan fingerprint density at radius 3 is 2.33 bits per heavy atom. The zero-order chi connectivity index (χ0) is 24.7. The van der Waals surface area contributed by atoms with E-state index in [0.29, 0.717) is 0 Å². The molecule has 2 aromatic rings. The van der Waals surface area contributed by atoms with E-state index < -0.39 is 53.3 Å². The van der Waals surface area contributed by atoms with Crippen LogP contribution in [0.5, 0.6) is 0 Å². The van der Waals surface area contributed by atoms with Crippen molar-refractivity contribution in [3.63, 3.8) is 0 Å². The van der Waals surface area contributed by atoms with Gasteiger partial charge < -0.3 is 5.32 Å². The van der Waals surface area contributed by atoms with Gasteiger partial charge in [-0.1, -0.05) is 23.2 Å². The Bertz CT molecular complexity index is 1090. The third-order valence-electron chi connectivity index (χ3n) is 5.06. The van der Waals surface area contributed by atoms with Crippen LogP contribution in [0.3, 0.4) is 0 Å². The number of Topliss-reactive ketones (excluding diaryl/α,β-unsaturated/α-hetero) is 1. The van der Waals surface area contributed by atoms with Gasteiger partial charge in [0.2, 0.25) is 5.91 Å². The summed E-state index contributed by atoms with van der Waals surface area (Å²) in [6.45, 7) is 0. The van der Waals surface area contributed by atoms with Gasteiger partial charge in [0.25, 0.3) is 6.43 Å². The minimum atomic E-state index is -4.51. The smallest absolute Gasteiger partial charge is 0.326 e. The number of nitrogens with one attached hydrogen (secondary N) is 1. The van der Waals surface area contributed by atoms with Gasteiger partial charge in [0.1, 0.15) is 4.33 Å². The number of benzene rings is 2. The molecule has 178 valence electrons. The molecule has 0 heterocycles. The number of rotatable bonds is 7. The molecule has 0 aliphatic heterocycles. The van der Waals surface area contributed by atoms with E-state index in [2.05, 4.69) is 5.32 Å². The normalized spacial score (nSPS) is 19.5. The minimum Gasteiger partial charge on any atom is -0.326 e. The van der Waals surface area contributed by atoms with Gasteiger partial charge in [-0.15, -0.1) is 23.2 Å². The summed E-state index contributed by atoms with van der Waals surface area (Å²) in [5, 5.41) is 2.43. The van der Waals surface area contributed by atoms with Crippen LogP contribution in [0.2, 0.25) is 10.0 Å². The van der Waals surface area contributed by atoms with Crippen molar-refractivity contribution in [1.82, 2.24) is 0 Å². The summed E-state index contributed by atoms with van der Waals surface area (Å²) in [5.41, 5.74) is -0.214. The van der Waals surface area contributed by atoms with Gasteiger partial charge in [-0.3, -0.25) is 9.59 Å². The maximum absolute atomic E-state index is 13.1. The van der Waals surface area contributed by atoms with Crippen molar-refractivity contribution in [2.45, 2.75) is 35.7 Å². The number of amides is 1. The molecule has 33 heavy (non-hydrogen) atoms. The van der Waals surface area contributed by atoms with Gasteiger partial charge in [-0.2, -0.15) is 13.2 Å². The standard InChI is InChI=1S/C21H14Cl4F5NO2/c22-11-6-9(5-10(7-11)18(26)27)16-17(21(16,24)25)19(33)31-12-1-2-14(23)13(8-12)15(32)3-4-20(28,29)30/h1-2,5-8,16-18H,3-4H2,(H,31,33). The van der Waals surface area contributed by atoms with Crippen molar-refractivity contribution in [3.8, 4) is 0 Å². The second-order valence-corrected chi connectivity index (χ2v) is 9.76. The Morgan fingerprint density at radius 1 is 1.06 bits per heavy atom. The van der Waals surface area contributed by atoms with E-state index in [-0.39, 0.29) is 32.4 Å². The minimum absolute atomic E-state index is 0.0257. The number of anilines is 1. The summed E-state index contributed by atoms with van der Waals surface area (Å²) in [6, 6.07) is 7.37. The van der Waals surface area contributed by atoms with Gasteiger partial charge in [0.05, 0.1) is 17.4 Å². The van der Waals surface area contributed by atoms with Crippen LogP contribution in [0.25, 0.3) is 0 Å². The molecule has 0 aromatic heterocycles. The Balaban J connectivity index is 1.77. The number of ketones is 1. The molecule has 1 aliphatic carbocycles. The number of halogens is 9. The Labute approximate surface area is 205 Å². The monoisotopic (exact) mass is 547 g/mol. The molecule has 0 saturated heterocycles. The highest BCUT2D eigenvalue weighted by molar-refractivity contribution is 6.53. The fraction of sp³-hybridized carbons (Fsp3) is 0.333. The number of carbonyl (C=O) groups excluding carboxylic acids is 2. The number of alkyl halides is 7. The lowest BCUT2D eigenvalue weighted by molar-refractivity contribution is -0.133. The number of hydrogen-bond acceptors (Lipinski definition) is 2. The maximum Gasteiger partial charge on any atom is 0.389 e. The fourth-order valence-electron chi connectivity index (χ4n) is 3.44. The summed E-state index contributed by atoms with van der Waals surface area (Å²) in [7, 11) is 0. The highest BCUT2D eigenvalue weighted by Gasteiger charge is 2.67. The van der Waals surface area contributed by atoms with Crippen molar-refractivity contribution in [3.05, 3.63) is 63.1 Å². The van der Waals surface area contributed by atoms with Crippen LogP contribution >= 0.6 is 46.4 Å². The van der Waals surface area contributed by atoms with E-state index in [1.54, 1.807) is 0 Å². The Kier molecular flexibility index (Phi) is 7.54. The lowest BCUT2D eigenvalue weighted by Gasteiger charge is -2.10. The first-order valence-corrected chi connectivity index (χ1v) is 10.9. The van der Waals surface area contributed by atoms with Gasteiger partial charge >= 0.3 is 6.18 Å². The van der Waals surface area contributed by atoms with Gasteiger partial charge in [0.15, 0.2) is 5.78 Å². The van der Waals surface area contributed by atoms with Gasteiger partial charge in [-0.25, -0.2) is 8.78 Å². The summed E-state index contributed by atoms with van der Waals surface area (Å²) in [5.74, 6) is -3.40. The highest BCUT2D eigenvalue weighted by atomic mass is 35.5. The zero-order valence-electron chi connectivity index (χ0n) is 16.3. The molecular weight excluding hydrogens is 535 g/mol. The van der Waals surface area contributed by atoms with Crippen LogP contribution in [0.15, 0.2) is 36.4 Å². The number of carbonyl (C=O) groups is 2. The Morgan fingerprint density at radius 2 is 1.73 bits per heavy atom. The predicted octanol–water partition coefficient (Wildman–Crippen LogP) is 7.98. The number of hydrogen-bond donors (Lipinski definition) is 1. The van der Waals surface area contributed by atoms with Crippen LogP contribution in [-0.2, 0) is 4.79 Å². The van der Waals surface area contributed by atoms with Crippen molar-refractivity contribution in [1.29, 1.82) is 0 Å². The van der Waals surface area contributed by atoms with E-state index in [4.69, 9.17) is 46.4 Å².